The second-order valence-electron chi connectivity index (χ2n) is 2.98. The van der Waals surface area contributed by atoms with Gasteiger partial charge in [0.15, 0.2) is 5.01 Å². The molecule has 1 aromatic heterocycles. The molecule has 0 atom stereocenters. The fourth-order valence-corrected chi connectivity index (χ4v) is 2.36. The highest BCUT2D eigenvalue weighted by Gasteiger charge is 2.11. The first-order valence-electron chi connectivity index (χ1n) is 4.47. The summed E-state index contributed by atoms with van der Waals surface area (Å²) in [6.45, 7) is 0. The van der Waals surface area contributed by atoms with Crippen LogP contribution in [0.4, 0.5) is 0 Å². The Balaban J connectivity index is 2.49. The van der Waals surface area contributed by atoms with E-state index in [-0.39, 0.29) is 0 Å². The van der Waals surface area contributed by atoms with E-state index < -0.39 is 0 Å². The first kappa shape index (κ1) is 11.6. The normalized spacial score (nSPS) is 10.4. The van der Waals surface area contributed by atoms with Gasteiger partial charge in [-0.2, -0.15) is 0 Å². The Kier molecular flexibility index (Phi) is 3.63. The van der Waals surface area contributed by atoms with Crippen LogP contribution in [0, 0.1) is 0 Å². The molecular weight excluding hydrogens is 267 g/mol. The molecule has 0 saturated carbocycles. The number of hydrogen-bond donors (Lipinski definition) is 0. The Morgan fingerprint density at radius 1 is 1.38 bits per heavy atom. The van der Waals surface area contributed by atoms with Gasteiger partial charge in [-0.15, -0.1) is 21.8 Å². The number of benzene rings is 1. The van der Waals surface area contributed by atoms with Crippen LogP contribution >= 0.6 is 34.5 Å². The Hall–Kier alpha value is -0.840. The van der Waals surface area contributed by atoms with Gasteiger partial charge in [0, 0.05) is 5.02 Å². The average molecular weight is 275 g/mol. The number of nitrogens with zero attached hydrogens (tertiary/aromatic N) is 2. The quantitative estimate of drug-likeness (QED) is 0.803. The third-order valence-electron chi connectivity index (χ3n) is 1.97. The number of halogens is 2. The third-order valence-corrected chi connectivity index (χ3v) is 3.58. The molecular formula is C10H8Cl2N2OS. The fourth-order valence-electron chi connectivity index (χ4n) is 1.26. The van der Waals surface area contributed by atoms with Crippen molar-refractivity contribution in [3.8, 4) is 16.3 Å². The molecule has 0 bridgehead atoms. The van der Waals surface area contributed by atoms with Crippen molar-refractivity contribution < 1.29 is 4.74 Å². The molecule has 2 aromatic rings. The first-order valence-corrected chi connectivity index (χ1v) is 6.19. The average Bonchev–Trinajstić information content (AvgIpc) is 2.77. The van der Waals surface area contributed by atoms with Crippen LogP contribution in [-0.4, -0.2) is 17.3 Å². The van der Waals surface area contributed by atoms with E-state index in [4.69, 9.17) is 27.9 Å². The summed E-state index contributed by atoms with van der Waals surface area (Å²) in [5, 5.41) is 10.2. The van der Waals surface area contributed by atoms with Gasteiger partial charge in [-0.3, -0.25) is 0 Å². The van der Waals surface area contributed by atoms with Crippen LogP contribution in [0.15, 0.2) is 18.2 Å². The lowest BCUT2D eigenvalue weighted by Crippen LogP contribution is -1.87. The van der Waals surface area contributed by atoms with E-state index in [0.717, 1.165) is 21.3 Å². The highest BCUT2D eigenvalue weighted by atomic mass is 35.5. The number of methoxy groups -OCH3 is 1. The second kappa shape index (κ2) is 4.99. The molecule has 0 saturated heterocycles. The van der Waals surface area contributed by atoms with Crippen LogP contribution in [-0.2, 0) is 5.88 Å². The van der Waals surface area contributed by atoms with Crippen molar-refractivity contribution in [3.05, 3.63) is 28.2 Å². The summed E-state index contributed by atoms with van der Waals surface area (Å²) < 4.78 is 5.24. The highest BCUT2D eigenvalue weighted by Crippen LogP contribution is 2.34. The minimum absolute atomic E-state index is 0.362. The van der Waals surface area contributed by atoms with Crippen LogP contribution in [0.2, 0.25) is 5.02 Å². The number of alkyl halides is 1. The van der Waals surface area contributed by atoms with E-state index in [1.165, 1.54) is 11.3 Å². The Morgan fingerprint density at radius 3 is 2.81 bits per heavy atom. The summed E-state index contributed by atoms with van der Waals surface area (Å²) in [7, 11) is 1.61. The summed E-state index contributed by atoms with van der Waals surface area (Å²) >= 11 is 13.1. The van der Waals surface area contributed by atoms with Crippen molar-refractivity contribution in [2.75, 3.05) is 7.11 Å². The predicted molar refractivity (Wildman–Crippen MR) is 66.5 cm³/mol. The van der Waals surface area contributed by atoms with E-state index in [2.05, 4.69) is 10.2 Å². The zero-order valence-corrected chi connectivity index (χ0v) is 10.7. The monoisotopic (exact) mass is 274 g/mol. The molecule has 16 heavy (non-hydrogen) atoms. The van der Waals surface area contributed by atoms with Gasteiger partial charge in [-0.25, -0.2) is 0 Å². The molecule has 1 heterocycles. The molecule has 0 amide bonds. The summed E-state index contributed by atoms with van der Waals surface area (Å²) in [5.41, 5.74) is 0.837. The molecule has 0 spiro atoms. The molecule has 0 unspecified atom stereocenters. The largest absolute Gasteiger partial charge is 0.496 e. The minimum atomic E-state index is 0.362. The van der Waals surface area contributed by atoms with Gasteiger partial charge in [0.1, 0.15) is 10.8 Å². The standard InChI is InChI=1S/C10H8Cl2N2OS/c1-15-8-3-2-6(12)4-7(8)10-14-13-9(5-11)16-10/h2-4H,5H2,1H3. The van der Waals surface area contributed by atoms with E-state index in [0.29, 0.717) is 10.9 Å². The van der Waals surface area contributed by atoms with Crippen LogP contribution in [0.1, 0.15) is 5.01 Å². The van der Waals surface area contributed by atoms with E-state index >= 15 is 0 Å². The third kappa shape index (κ3) is 2.29. The van der Waals surface area contributed by atoms with Gasteiger partial charge in [-0.05, 0) is 18.2 Å². The summed E-state index contributed by atoms with van der Waals surface area (Å²) in [6.07, 6.45) is 0. The van der Waals surface area contributed by atoms with Gasteiger partial charge in [-0.1, -0.05) is 22.9 Å². The Morgan fingerprint density at radius 2 is 2.19 bits per heavy atom. The van der Waals surface area contributed by atoms with Crippen molar-refractivity contribution in [2.45, 2.75) is 5.88 Å². The molecule has 1 aromatic carbocycles. The molecule has 0 aliphatic carbocycles. The van der Waals surface area contributed by atoms with E-state index in [1.54, 1.807) is 25.3 Å². The maximum absolute atomic E-state index is 5.94. The molecule has 84 valence electrons. The lowest BCUT2D eigenvalue weighted by Gasteiger charge is -2.05. The topological polar surface area (TPSA) is 35.0 Å². The number of aromatic nitrogens is 2. The minimum Gasteiger partial charge on any atom is -0.496 e. The van der Waals surface area contributed by atoms with Gasteiger partial charge in [0.2, 0.25) is 0 Å². The van der Waals surface area contributed by atoms with Crippen molar-refractivity contribution >= 4 is 34.5 Å². The van der Waals surface area contributed by atoms with Gasteiger partial charge in [0.25, 0.3) is 0 Å². The summed E-state index contributed by atoms with van der Waals surface area (Å²) in [5.74, 6) is 1.09. The number of rotatable bonds is 3. The number of hydrogen-bond acceptors (Lipinski definition) is 4. The molecule has 0 aliphatic heterocycles. The molecule has 0 fully saturated rings. The maximum Gasteiger partial charge on any atom is 0.151 e. The second-order valence-corrected chi connectivity index (χ2v) is 4.74. The van der Waals surface area contributed by atoms with Crippen molar-refractivity contribution in [2.24, 2.45) is 0 Å². The smallest absolute Gasteiger partial charge is 0.151 e. The van der Waals surface area contributed by atoms with Crippen molar-refractivity contribution in [3.63, 3.8) is 0 Å². The SMILES string of the molecule is COc1ccc(Cl)cc1-c1nnc(CCl)s1. The Bertz CT molecular complexity index is 501. The Labute approximate surface area is 107 Å². The first-order chi connectivity index (χ1) is 7.74. The van der Waals surface area contributed by atoms with Gasteiger partial charge < -0.3 is 4.74 Å². The van der Waals surface area contributed by atoms with Gasteiger partial charge >= 0.3 is 0 Å². The molecule has 3 nitrogen and oxygen atoms in total. The zero-order chi connectivity index (χ0) is 11.5. The lowest BCUT2D eigenvalue weighted by molar-refractivity contribution is 0.416. The fraction of sp³-hybridized carbons (Fsp3) is 0.200. The number of ether oxygens (including phenoxy) is 1. The molecule has 0 N–H and O–H groups in total. The maximum atomic E-state index is 5.94. The molecule has 2 rings (SSSR count). The molecule has 0 radical (unpaired) electrons. The van der Waals surface area contributed by atoms with Crippen LogP contribution < -0.4 is 4.74 Å². The van der Waals surface area contributed by atoms with Crippen LogP contribution in [0.5, 0.6) is 5.75 Å². The van der Waals surface area contributed by atoms with Crippen LogP contribution in [0.3, 0.4) is 0 Å². The summed E-state index contributed by atoms with van der Waals surface area (Å²) in [6, 6.07) is 5.38. The lowest BCUT2D eigenvalue weighted by atomic mass is 10.2. The van der Waals surface area contributed by atoms with Crippen LogP contribution in [0.25, 0.3) is 10.6 Å². The predicted octanol–water partition coefficient (Wildman–Crippen LogP) is 3.61. The highest BCUT2D eigenvalue weighted by molar-refractivity contribution is 7.14. The van der Waals surface area contributed by atoms with E-state index in [1.807, 2.05) is 0 Å². The van der Waals surface area contributed by atoms with Gasteiger partial charge in [0.05, 0.1) is 18.6 Å². The van der Waals surface area contributed by atoms with E-state index in [9.17, 15) is 0 Å². The molecule has 6 heteroatoms. The zero-order valence-electron chi connectivity index (χ0n) is 8.41. The van der Waals surface area contributed by atoms with Crippen molar-refractivity contribution in [1.82, 2.24) is 10.2 Å². The molecule has 0 aliphatic rings. The van der Waals surface area contributed by atoms with Crippen molar-refractivity contribution in [1.29, 1.82) is 0 Å². The summed E-state index contributed by atoms with van der Waals surface area (Å²) in [4.78, 5) is 0.